The first kappa shape index (κ1) is 14.5. The number of hydrogen-bond donors (Lipinski definition) is 1. The molecule has 6 heteroatoms. The highest BCUT2D eigenvalue weighted by Gasteiger charge is 2.32. The van der Waals surface area contributed by atoms with E-state index in [4.69, 9.17) is 14.2 Å². The maximum absolute atomic E-state index is 12.2. The Morgan fingerprint density at radius 3 is 2.15 bits per heavy atom. The van der Waals surface area contributed by atoms with Crippen LogP contribution in [0.3, 0.4) is 0 Å². The van der Waals surface area contributed by atoms with Crippen LogP contribution in [0.15, 0.2) is 12.1 Å². The zero-order valence-corrected chi connectivity index (χ0v) is 12.2. The lowest BCUT2D eigenvalue weighted by Gasteiger charge is -2.20. The second kappa shape index (κ2) is 6.00. The number of amides is 1. The molecule has 1 aliphatic rings. The predicted octanol–water partition coefficient (Wildman–Crippen LogP) is 1.04. The van der Waals surface area contributed by atoms with E-state index in [-0.39, 0.29) is 11.9 Å². The highest BCUT2D eigenvalue weighted by atomic mass is 16.5. The first-order valence-electron chi connectivity index (χ1n) is 6.44. The van der Waals surface area contributed by atoms with E-state index in [1.165, 1.54) is 0 Å². The van der Waals surface area contributed by atoms with Gasteiger partial charge in [-0.05, 0) is 13.5 Å². The first-order valence-corrected chi connectivity index (χ1v) is 6.44. The number of hydrogen-bond acceptors (Lipinski definition) is 5. The highest BCUT2D eigenvalue weighted by molar-refractivity contribution is 5.99. The molecular weight excluding hydrogens is 260 g/mol. The molecule has 0 spiro atoms. The van der Waals surface area contributed by atoms with E-state index in [0.29, 0.717) is 23.8 Å². The molecule has 1 fully saturated rings. The van der Waals surface area contributed by atoms with Crippen molar-refractivity contribution in [1.82, 2.24) is 5.32 Å². The average molecular weight is 280 g/mol. The van der Waals surface area contributed by atoms with Crippen molar-refractivity contribution in [2.45, 2.75) is 12.5 Å². The van der Waals surface area contributed by atoms with Crippen molar-refractivity contribution in [3.63, 3.8) is 0 Å². The summed E-state index contributed by atoms with van der Waals surface area (Å²) in [4.78, 5) is 14.0. The van der Waals surface area contributed by atoms with Gasteiger partial charge in [-0.2, -0.15) is 0 Å². The molecule has 0 radical (unpaired) electrons. The van der Waals surface area contributed by atoms with Gasteiger partial charge in [0.05, 0.1) is 33.1 Å². The van der Waals surface area contributed by atoms with E-state index < -0.39 is 0 Å². The summed E-state index contributed by atoms with van der Waals surface area (Å²) in [5.74, 6) is 1.67. The Labute approximate surface area is 118 Å². The number of rotatable bonds is 5. The van der Waals surface area contributed by atoms with Gasteiger partial charge in [0.1, 0.15) is 0 Å². The lowest BCUT2D eigenvalue weighted by Crippen LogP contribution is -2.36. The molecule has 1 heterocycles. The summed E-state index contributed by atoms with van der Waals surface area (Å²) in [5.41, 5.74) is 0.752. The van der Waals surface area contributed by atoms with E-state index >= 15 is 0 Å². The van der Waals surface area contributed by atoms with Crippen molar-refractivity contribution in [3.8, 4) is 17.2 Å². The number of ether oxygens (including phenoxy) is 3. The number of likely N-dealkylation sites (N-methyl/N-ethyl adjacent to an activating group) is 1. The minimum absolute atomic E-state index is 0.0572. The van der Waals surface area contributed by atoms with Crippen LogP contribution in [-0.2, 0) is 4.79 Å². The normalized spacial score (nSPS) is 18.3. The third-order valence-electron chi connectivity index (χ3n) is 3.52. The molecule has 0 aliphatic carbocycles. The van der Waals surface area contributed by atoms with Crippen LogP contribution in [0.1, 0.15) is 6.42 Å². The summed E-state index contributed by atoms with van der Waals surface area (Å²) < 4.78 is 15.9. The zero-order chi connectivity index (χ0) is 14.7. The van der Waals surface area contributed by atoms with Crippen molar-refractivity contribution in [2.24, 2.45) is 0 Å². The van der Waals surface area contributed by atoms with E-state index in [1.807, 2.05) is 0 Å². The van der Waals surface area contributed by atoms with E-state index in [9.17, 15) is 4.79 Å². The van der Waals surface area contributed by atoms with Crippen LogP contribution in [0, 0.1) is 0 Å². The quantitative estimate of drug-likeness (QED) is 0.873. The summed E-state index contributed by atoms with van der Waals surface area (Å²) in [6.45, 7) is 0.670. The van der Waals surface area contributed by atoms with E-state index in [2.05, 4.69) is 5.32 Å². The van der Waals surface area contributed by atoms with Gasteiger partial charge in [-0.15, -0.1) is 0 Å². The Kier molecular flexibility index (Phi) is 4.34. The zero-order valence-electron chi connectivity index (χ0n) is 12.2. The van der Waals surface area contributed by atoms with Crippen LogP contribution in [-0.4, -0.2) is 46.9 Å². The van der Waals surface area contributed by atoms with Gasteiger partial charge in [0.2, 0.25) is 11.7 Å². The van der Waals surface area contributed by atoms with Crippen LogP contribution >= 0.6 is 0 Å². The number of anilines is 1. The van der Waals surface area contributed by atoms with Crippen LogP contribution < -0.4 is 24.4 Å². The number of nitrogens with one attached hydrogen (secondary N) is 1. The summed E-state index contributed by atoms with van der Waals surface area (Å²) in [5, 5.41) is 3.01. The molecule has 1 amide bonds. The molecule has 1 saturated heterocycles. The molecule has 1 N–H and O–H groups in total. The molecule has 0 saturated carbocycles. The van der Waals surface area contributed by atoms with Crippen LogP contribution in [0.4, 0.5) is 5.69 Å². The summed E-state index contributed by atoms with van der Waals surface area (Å²) in [6.07, 6.45) is 0.784. The van der Waals surface area contributed by atoms with Gasteiger partial charge in [-0.1, -0.05) is 0 Å². The molecule has 1 unspecified atom stereocenters. The predicted molar refractivity (Wildman–Crippen MR) is 75.9 cm³/mol. The minimum Gasteiger partial charge on any atom is -0.493 e. The van der Waals surface area contributed by atoms with E-state index in [1.54, 1.807) is 45.4 Å². The molecule has 20 heavy (non-hydrogen) atoms. The Balaban J connectivity index is 2.40. The fraction of sp³-hybridized carbons (Fsp3) is 0.500. The first-order chi connectivity index (χ1) is 9.65. The minimum atomic E-state index is -0.130. The van der Waals surface area contributed by atoms with Crippen molar-refractivity contribution in [2.75, 3.05) is 39.8 Å². The molecule has 6 nitrogen and oxygen atoms in total. The second-order valence-electron chi connectivity index (χ2n) is 4.50. The molecule has 0 bridgehead atoms. The van der Waals surface area contributed by atoms with Crippen molar-refractivity contribution in [3.05, 3.63) is 12.1 Å². The fourth-order valence-electron chi connectivity index (χ4n) is 2.43. The summed E-state index contributed by atoms with van der Waals surface area (Å²) >= 11 is 0. The molecule has 0 aromatic heterocycles. The van der Waals surface area contributed by atoms with Crippen LogP contribution in [0.2, 0.25) is 0 Å². The Morgan fingerprint density at radius 1 is 1.15 bits per heavy atom. The van der Waals surface area contributed by atoms with Crippen molar-refractivity contribution >= 4 is 11.6 Å². The Bertz CT molecular complexity index is 479. The SMILES string of the molecule is CNC1CCN(c2cc(OC)c(OC)c(OC)c2)C1=O. The average Bonchev–Trinajstić information content (AvgIpc) is 2.86. The smallest absolute Gasteiger partial charge is 0.244 e. The lowest BCUT2D eigenvalue weighted by molar-refractivity contribution is -0.118. The van der Waals surface area contributed by atoms with Gasteiger partial charge in [0.15, 0.2) is 11.5 Å². The highest BCUT2D eigenvalue weighted by Crippen LogP contribution is 2.41. The van der Waals surface area contributed by atoms with Gasteiger partial charge in [0, 0.05) is 18.7 Å². The number of carbonyl (C=O) groups is 1. The maximum Gasteiger partial charge on any atom is 0.244 e. The third-order valence-corrected chi connectivity index (χ3v) is 3.52. The fourth-order valence-corrected chi connectivity index (χ4v) is 2.43. The van der Waals surface area contributed by atoms with Gasteiger partial charge >= 0.3 is 0 Å². The van der Waals surface area contributed by atoms with Crippen LogP contribution in [0.5, 0.6) is 17.2 Å². The summed E-state index contributed by atoms with van der Waals surface area (Å²) in [7, 11) is 6.46. The monoisotopic (exact) mass is 280 g/mol. The maximum atomic E-state index is 12.2. The van der Waals surface area contributed by atoms with Crippen molar-refractivity contribution in [1.29, 1.82) is 0 Å². The van der Waals surface area contributed by atoms with Crippen molar-refractivity contribution < 1.29 is 19.0 Å². The van der Waals surface area contributed by atoms with Gasteiger partial charge in [-0.3, -0.25) is 4.79 Å². The van der Waals surface area contributed by atoms with E-state index in [0.717, 1.165) is 12.1 Å². The van der Waals surface area contributed by atoms with Gasteiger partial charge in [0.25, 0.3) is 0 Å². The molecule has 1 aromatic carbocycles. The molecule has 2 rings (SSSR count). The Hall–Kier alpha value is -1.95. The lowest BCUT2D eigenvalue weighted by atomic mass is 10.2. The molecule has 1 atom stereocenters. The molecule has 1 aliphatic heterocycles. The van der Waals surface area contributed by atoms with Gasteiger partial charge in [-0.25, -0.2) is 0 Å². The number of benzene rings is 1. The standard InChI is InChI=1S/C14H20N2O4/c1-15-10-5-6-16(14(10)17)9-7-11(18-2)13(20-4)12(8-9)19-3/h7-8,10,15H,5-6H2,1-4H3. The largest absolute Gasteiger partial charge is 0.493 e. The number of carbonyl (C=O) groups excluding carboxylic acids is 1. The Morgan fingerprint density at radius 2 is 1.75 bits per heavy atom. The number of nitrogens with zero attached hydrogens (tertiary/aromatic N) is 1. The molecular formula is C14H20N2O4. The topological polar surface area (TPSA) is 60.0 Å². The second-order valence-corrected chi connectivity index (χ2v) is 4.50. The van der Waals surface area contributed by atoms with Gasteiger partial charge < -0.3 is 24.4 Å². The number of methoxy groups -OCH3 is 3. The third kappa shape index (κ3) is 2.38. The summed E-state index contributed by atoms with van der Waals surface area (Å²) in [6, 6.07) is 3.45. The molecule has 1 aromatic rings. The van der Waals surface area contributed by atoms with Crippen LogP contribution in [0.25, 0.3) is 0 Å². The molecule has 110 valence electrons.